The highest BCUT2D eigenvalue weighted by atomic mass is 79.9. The third-order valence-corrected chi connectivity index (χ3v) is 4.99. The van der Waals surface area contributed by atoms with Crippen LogP contribution in [0, 0.1) is 5.92 Å². The summed E-state index contributed by atoms with van der Waals surface area (Å²) in [6.07, 6.45) is 2.10. The van der Waals surface area contributed by atoms with Crippen molar-refractivity contribution in [1.29, 1.82) is 0 Å². The van der Waals surface area contributed by atoms with Crippen molar-refractivity contribution in [2.24, 2.45) is 5.92 Å². The second kappa shape index (κ2) is 6.45. The Bertz CT molecular complexity index is 499. The number of aliphatic carboxylic acids is 1. The summed E-state index contributed by atoms with van der Waals surface area (Å²) < 4.78 is 1.90. The summed E-state index contributed by atoms with van der Waals surface area (Å²) in [5, 5.41) is 22.7. The van der Waals surface area contributed by atoms with Crippen LogP contribution in [0.15, 0.2) is 27.1 Å². The molecule has 0 unspecified atom stereocenters. The molecule has 110 valence electrons. The maximum absolute atomic E-state index is 10.9. The SMILES string of the molecule is O=C(O)C1CCC(O)(CNc2cc(Br)ccc2Br)CC1. The summed E-state index contributed by atoms with van der Waals surface area (Å²) in [6.45, 7) is 0.425. The molecule has 0 aliphatic heterocycles. The van der Waals surface area contributed by atoms with Crippen LogP contribution in [0.2, 0.25) is 0 Å². The molecule has 0 aromatic heterocycles. The Labute approximate surface area is 134 Å². The van der Waals surface area contributed by atoms with Crippen molar-refractivity contribution in [3.63, 3.8) is 0 Å². The third-order valence-electron chi connectivity index (χ3n) is 3.80. The van der Waals surface area contributed by atoms with Crippen LogP contribution >= 0.6 is 31.9 Å². The average molecular weight is 407 g/mol. The fraction of sp³-hybridized carbons (Fsp3) is 0.500. The molecule has 0 spiro atoms. The topological polar surface area (TPSA) is 69.6 Å². The molecular weight excluding hydrogens is 390 g/mol. The van der Waals surface area contributed by atoms with E-state index in [1.807, 2.05) is 18.2 Å². The zero-order valence-corrected chi connectivity index (χ0v) is 14.1. The molecule has 6 heteroatoms. The molecule has 4 nitrogen and oxygen atoms in total. The van der Waals surface area contributed by atoms with Crippen molar-refractivity contribution < 1.29 is 15.0 Å². The van der Waals surface area contributed by atoms with Crippen molar-refractivity contribution >= 4 is 43.5 Å². The largest absolute Gasteiger partial charge is 0.481 e. The number of hydrogen-bond acceptors (Lipinski definition) is 3. The highest BCUT2D eigenvalue weighted by Gasteiger charge is 2.35. The van der Waals surface area contributed by atoms with Crippen LogP contribution < -0.4 is 5.32 Å². The summed E-state index contributed by atoms with van der Waals surface area (Å²) >= 11 is 6.87. The number of carbonyl (C=O) groups is 1. The Morgan fingerprint density at radius 2 is 2.00 bits per heavy atom. The average Bonchev–Trinajstić information content (AvgIpc) is 2.40. The smallest absolute Gasteiger partial charge is 0.306 e. The first kappa shape index (κ1) is 15.8. The first-order chi connectivity index (χ1) is 9.39. The fourth-order valence-electron chi connectivity index (χ4n) is 2.47. The van der Waals surface area contributed by atoms with Crippen molar-refractivity contribution in [3.05, 3.63) is 27.1 Å². The fourth-order valence-corrected chi connectivity index (χ4v) is 3.22. The lowest BCUT2D eigenvalue weighted by atomic mass is 9.79. The number of nitrogens with one attached hydrogen (secondary N) is 1. The molecule has 0 heterocycles. The summed E-state index contributed by atoms with van der Waals surface area (Å²) in [6, 6.07) is 5.80. The van der Waals surface area contributed by atoms with Crippen molar-refractivity contribution in [2.45, 2.75) is 31.3 Å². The summed E-state index contributed by atoms with van der Waals surface area (Å²) in [5.74, 6) is -1.07. The van der Waals surface area contributed by atoms with E-state index in [0.717, 1.165) is 14.6 Å². The van der Waals surface area contributed by atoms with Gasteiger partial charge in [-0.3, -0.25) is 4.79 Å². The molecule has 1 saturated carbocycles. The summed E-state index contributed by atoms with van der Waals surface area (Å²) in [5.41, 5.74) is 0.0846. The molecule has 1 aromatic rings. The Morgan fingerprint density at radius 1 is 1.35 bits per heavy atom. The molecule has 0 amide bonds. The Hall–Kier alpha value is -0.590. The first-order valence-corrected chi connectivity index (χ1v) is 8.12. The van der Waals surface area contributed by atoms with Gasteiger partial charge in [0.1, 0.15) is 0 Å². The molecule has 1 aromatic carbocycles. The molecule has 1 aliphatic rings. The quantitative estimate of drug-likeness (QED) is 0.714. The predicted octanol–water partition coefficient (Wildman–Crippen LogP) is 3.63. The highest BCUT2D eigenvalue weighted by molar-refractivity contribution is 9.11. The van der Waals surface area contributed by atoms with Crippen LogP contribution in [-0.2, 0) is 4.79 Å². The molecule has 1 fully saturated rings. The van der Waals surface area contributed by atoms with Crippen LogP contribution in [-0.4, -0.2) is 28.3 Å². The van der Waals surface area contributed by atoms with Gasteiger partial charge in [-0.15, -0.1) is 0 Å². The number of rotatable bonds is 4. The number of aliphatic hydroxyl groups is 1. The minimum Gasteiger partial charge on any atom is -0.481 e. The maximum atomic E-state index is 10.9. The minimum absolute atomic E-state index is 0.312. The van der Waals surface area contributed by atoms with E-state index in [0.29, 0.717) is 32.2 Å². The zero-order valence-electron chi connectivity index (χ0n) is 10.9. The van der Waals surface area contributed by atoms with Gasteiger partial charge in [0, 0.05) is 21.2 Å². The number of carboxylic acid groups (broad SMARTS) is 1. The van der Waals surface area contributed by atoms with Gasteiger partial charge in [0.2, 0.25) is 0 Å². The number of halogens is 2. The zero-order chi connectivity index (χ0) is 14.8. The summed E-state index contributed by atoms with van der Waals surface area (Å²) in [4.78, 5) is 10.9. The molecule has 0 radical (unpaired) electrons. The van der Waals surface area contributed by atoms with Crippen LogP contribution in [0.5, 0.6) is 0 Å². The van der Waals surface area contributed by atoms with Crippen molar-refractivity contribution in [2.75, 3.05) is 11.9 Å². The van der Waals surface area contributed by atoms with E-state index in [4.69, 9.17) is 5.11 Å². The van der Waals surface area contributed by atoms with E-state index in [2.05, 4.69) is 37.2 Å². The van der Waals surface area contributed by atoms with Crippen molar-refractivity contribution in [3.8, 4) is 0 Å². The van der Waals surface area contributed by atoms with E-state index >= 15 is 0 Å². The van der Waals surface area contributed by atoms with E-state index < -0.39 is 11.6 Å². The van der Waals surface area contributed by atoms with Gasteiger partial charge in [-0.05, 0) is 59.8 Å². The first-order valence-electron chi connectivity index (χ1n) is 6.54. The highest BCUT2D eigenvalue weighted by Crippen LogP contribution is 2.33. The molecule has 2 rings (SSSR count). The van der Waals surface area contributed by atoms with Gasteiger partial charge in [-0.1, -0.05) is 15.9 Å². The Kier molecular flexibility index (Phi) is 5.09. The number of benzene rings is 1. The predicted molar refractivity (Wildman–Crippen MR) is 84.9 cm³/mol. The number of carboxylic acids is 1. The standard InChI is InChI=1S/C14H17Br2NO3/c15-10-1-2-11(16)12(7-10)17-8-14(20)5-3-9(4-6-14)13(18)19/h1-2,7,9,17,20H,3-6,8H2,(H,18,19). The number of hydrogen-bond donors (Lipinski definition) is 3. The van der Waals surface area contributed by atoms with Crippen LogP contribution in [0.3, 0.4) is 0 Å². The van der Waals surface area contributed by atoms with E-state index in [-0.39, 0.29) is 5.92 Å². The molecule has 0 bridgehead atoms. The minimum atomic E-state index is -0.826. The molecule has 20 heavy (non-hydrogen) atoms. The van der Waals surface area contributed by atoms with E-state index in [9.17, 15) is 9.90 Å². The lowest BCUT2D eigenvalue weighted by molar-refractivity contribution is -0.144. The maximum Gasteiger partial charge on any atom is 0.306 e. The van der Waals surface area contributed by atoms with Gasteiger partial charge < -0.3 is 15.5 Å². The third kappa shape index (κ3) is 3.96. The lowest BCUT2D eigenvalue weighted by Gasteiger charge is -2.35. The van der Waals surface area contributed by atoms with Gasteiger partial charge in [0.05, 0.1) is 11.5 Å². The normalized spacial score (nSPS) is 26.2. The summed E-state index contributed by atoms with van der Waals surface area (Å²) in [7, 11) is 0. The van der Waals surface area contributed by atoms with Gasteiger partial charge in [-0.25, -0.2) is 0 Å². The van der Waals surface area contributed by atoms with Crippen LogP contribution in [0.25, 0.3) is 0 Å². The molecule has 0 atom stereocenters. The number of anilines is 1. The van der Waals surface area contributed by atoms with Gasteiger partial charge in [0.15, 0.2) is 0 Å². The monoisotopic (exact) mass is 405 g/mol. The van der Waals surface area contributed by atoms with Crippen LogP contribution in [0.1, 0.15) is 25.7 Å². The molecule has 1 aliphatic carbocycles. The van der Waals surface area contributed by atoms with Gasteiger partial charge in [0.25, 0.3) is 0 Å². The van der Waals surface area contributed by atoms with Crippen molar-refractivity contribution in [1.82, 2.24) is 0 Å². The van der Waals surface area contributed by atoms with E-state index in [1.54, 1.807) is 0 Å². The lowest BCUT2D eigenvalue weighted by Crippen LogP contribution is -2.41. The Balaban J connectivity index is 1.94. The van der Waals surface area contributed by atoms with Crippen LogP contribution in [0.4, 0.5) is 5.69 Å². The van der Waals surface area contributed by atoms with Gasteiger partial charge in [-0.2, -0.15) is 0 Å². The van der Waals surface area contributed by atoms with Gasteiger partial charge >= 0.3 is 5.97 Å². The van der Waals surface area contributed by atoms with E-state index in [1.165, 1.54) is 0 Å². The molecule has 0 saturated heterocycles. The molecular formula is C14H17Br2NO3. The Morgan fingerprint density at radius 3 is 2.60 bits per heavy atom. The second-order valence-electron chi connectivity index (χ2n) is 5.31. The molecule has 3 N–H and O–H groups in total. The second-order valence-corrected chi connectivity index (χ2v) is 7.08.